The van der Waals surface area contributed by atoms with Crippen LogP contribution in [0, 0.1) is 0 Å². The third-order valence-electron chi connectivity index (χ3n) is 7.51. The van der Waals surface area contributed by atoms with Gasteiger partial charge < -0.3 is 9.88 Å². The number of alkyl halides is 3. The minimum absolute atomic E-state index is 0.0594. The Kier molecular flexibility index (Phi) is 7.56. The number of nitrogens with one attached hydrogen (secondary N) is 1. The molecule has 0 spiro atoms. The van der Waals surface area contributed by atoms with Crippen molar-refractivity contribution in [3.05, 3.63) is 107 Å². The minimum Gasteiger partial charge on any atom is -0.353 e. The fraction of sp³-hybridized carbons (Fsp3) is 0.323. The topological polar surface area (TPSA) is 37.3 Å². The molecule has 1 N–H and O–H groups in total. The van der Waals surface area contributed by atoms with E-state index >= 15 is 0 Å². The van der Waals surface area contributed by atoms with Gasteiger partial charge in [-0.3, -0.25) is 9.69 Å². The molecule has 1 aliphatic heterocycles. The summed E-state index contributed by atoms with van der Waals surface area (Å²) in [6.45, 7) is 2.67. The van der Waals surface area contributed by atoms with Crippen LogP contribution in [0.1, 0.15) is 47.4 Å². The van der Waals surface area contributed by atoms with Crippen LogP contribution in [0.15, 0.2) is 85.1 Å². The van der Waals surface area contributed by atoms with Gasteiger partial charge in [-0.05, 0) is 41.7 Å². The summed E-state index contributed by atoms with van der Waals surface area (Å²) >= 11 is 0. The summed E-state index contributed by atoms with van der Waals surface area (Å²) < 4.78 is 42.6. The first-order valence-electron chi connectivity index (χ1n) is 13.0. The number of hydrogen-bond acceptors (Lipinski definition) is 2. The number of para-hydroxylation sites is 1. The second-order valence-electron chi connectivity index (χ2n) is 10.2. The van der Waals surface area contributed by atoms with Gasteiger partial charge in [0.15, 0.2) is 0 Å². The Morgan fingerprint density at radius 2 is 1.68 bits per heavy atom. The van der Waals surface area contributed by atoms with E-state index in [4.69, 9.17) is 0 Å². The van der Waals surface area contributed by atoms with E-state index in [0.717, 1.165) is 55.0 Å². The summed E-state index contributed by atoms with van der Waals surface area (Å²) in [5, 5.41) is 4.12. The number of benzene rings is 3. The van der Waals surface area contributed by atoms with Gasteiger partial charge in [0.1, 0.15) is 0 Å². The first-order chi connectivity index (χ1) is 18.3. The van der Waals surface area contributed by atoms with Crippen LogP contribution < -0.4 is 5.32 Å². The van der Waals surface area contributed by atoms with Gasteiger partial charge in [0.05, 0.1) is 5.56 Å². The van der Waals surface area contributed by atoms with Gasteiger partial charge in [0.25, 0.3) is 0 Å². The zero-order valence-electron chi connectivity index (χ0n) is 21.4. The molecular weight excluding hydrogens is 487 g/mol. The molecule has 0 saturated carbocycles. The van der Waals surface area contributed by atoms with Gasteiger partial charge in [-0.25, -0.2) is 0 Å². The molecule has 5 rings (SSSR count). The van der Waals surface area contributed by atoms with E-state index < -0.39 is 17.7 Å². The van der Waals surface area contributed by atoms with Crippen molar-refractivity contribution in [3.8, 4) is 0 Å². The molecular formula is C31H32F3N3O. The van der Waals surface area contributed by atoms with Gasteiger partial charge in [-0.1, -0.05) is 66.7 Å². The van der Waals surface area contributed by atoms with Crippen molar-refractivity contribution in [1.82, 2.24) is 14.8 Å². The van der Waals surface area contributed by atoms with Crippen LogP contribution >= 0.6 is 0 Å². The van der Waals surface area contributed by atoms with E-state index in [2.05, 4.69) is 22.3 Å². The van der Waals surface area contributed by atoms with Crippen LogP contribution in [-0.4, -0.2) is 34.5 Å². The molecule has 4 nitrogen and oxygen atoms in total. The lowest BCUT2D eigenvalue weighted by molar-refractivity contribution is -0.137. The molecule has 198 valence electrons. The molecule has 7 heteroatoms. The van der Waals surface area contributed by atoms with Crippen molar-refractivity contribution in [1.29, 1.82) is 0 Å². The Morgan fingerprint density at radius 3 is 2.42 bits per heavy atom. The molecule has 0 radical (unpaired) electrons. The van der Waals surface area contributed by atoms with Crippen molar-refractivity contribution in [2.75, 3.05) is 13.1 Å². The third kappa shape index (κ3) is 5.94. The molecule has 1 aliphatic rings. The smallest absolute Gasteiger partial charge is 0.353 e. The molecule has 4 aromatic rings. The minimum atomic E-state index is -4.45. The number of hydrogen-bond donors (Lipinski definition) is 1. The summed E-state index contributed by atoms with van der Waals surface area (Å²) in [5.41, 5.74) is 2.89. The highest BCUT2D eigenvalue weighted by Crippen LogP contribution is 2.37. The Labute approximate surface area is 221 Å². The van der Waals surface area contributed by atoms with Gasteiger partial charge >= 0.3 is 6.18 Å². The largest absolute Gasteiger partial charge is 0.416 e. The summed E-state index contributed by atoms with van der Waals surface area (Å²) in [5.74, 6) is -0.636. The predicted molar refractivity (Wildman–Crippen MR) is 144 cm³/mol. The maximum Gasteiger partial charge on any atom is 0.416 e. The molecule has 0 bridgehead atoms. The van der Waals surface area contributed by atoms with E-state index in [1.54, 1.807) is 6.07 Å². The number of carbonyl (C=O) groups excluding carboxylic acids is 1. The Hall–Kier alpha value is -3.58. The van der Waals surface area contributed by atoms with Crippen LogP contribution in [0.3, 0.4) is 0 Å². The van der Waals surface area contributed by atoms with E-state index in [1.165, 1.54) is 17.7 Å². The SMILES string of the molecule is Cn1cc([C@@H](CC(=O)NC2CCN(Cc3ccccc3)CC2)c2cccc(C(F)(F)F)c2)c2ccccc21. The highest BCUT2D eigenvalue weighted by Gasteiger charge is 2.32. The quantitative estimate of drug-likeness (QED) is 0.303. The summed E-state index contributed by atoms with van der Waals surface area (Å²) in [6.07, 6.45) is -0.734. The highest BCUT2D eigenvalue weighted by atomic mass is 19.4. The van der Waals surface area contributed by atoms with E-state index in [0.29, 0.717) is 5.56 Å². The van der Waals surface area contributed by atoms with Crippen LogP contribution in [0.25, 0.3) is 10.9 Å². The maximum absolute atomic E-state index is 13.5. The van der Waals surface area contributed by atoms with E-state index in [-0.39, 0.29) is 18.4 Å². The first kappa shape index (κ1) is 26.0. The molecule has 2 heterocycles. The molecule has 38 heavy (non-hydrogen) atoms. The van der Waals surface area contributed by atoms with Crippen LogP contribution in [0.4, 0.5) is 13.2 Å². The summed E-state index contributed by atoms with van der Waals surface area (Å²) in [4.78, 5) is 15.7. The summed E-state index contributed by atoms with van der Waals surface area (Å²) in [7, 11) is 1.92. The molecule has 1 atom stereocenters. The second-order valence-corrected chi connectivity index (χ2v) is 10.2. The fourth-order valence-electron chi connectivity index (χ4n) is 5.54. The van der Waals surface area contributed by atoms with Crippen molar-refractivity contribution in [2.45, 2.75) is 43.9 Å². The van der Waals surface area contributed by atoms with Crippen LogP contribution in [0.2, 0.25) is 0 Å². The Balaban J connectivity index is 1.32. The van der Waals surface area contributed by atoms with Gasteiger partial charge in [0, 0.05) is 62.2 Å². The fourth-order valence-corrected chi connectivity index (χ4v) is 5.54. The Bertz CT molecular complexity index is 1390. The number of aromatic nitrogens is 1. The molecule has 0 aliphatic carbocycles. The van der Waals surface area contributed by atoms with Gasteiger partial charge in [-0.2, -0.15) is 13.2 Å². The number of carbonyl (C=O) groups is 1. The van der Waals surface area contributed by atoms with Gasteiger partial charge in [0.2, 0.25) is 5.91 Å². The lowest BCUT2D eigenvalue weighted by atomic mass is 9.87. The normalized spacial score (nSPS) is 16.0. The zero-order chi connectivity index (χ0) is 26.7. The summed E-state index contributed by atoms with van der Waals surface area (Å²) in [6, 6.07) is 23.6. The first-order valence-corrected chi connectivity index (χ1v) is 13.0. The van der Waals surface area contributed by atoms with Crippen LogP contribution in [-0.2, 0) is 24.6 Å². The lowest BCUT2D eigenvalue weighted by Gasteiger charge is -2.32. The monoisotopic (exact) mass is 519 g/mol. The van der Waals surface area contributed by atoms with Gasteiger partial charge in [-0.15, -0.1) is 0 Å². The lowest BCUT2D eigenvalue weighted by Crippen LogP contribution is -2.44. The van der Waals surface area contributed by atoms with E-state index in [1.807, 2.05) is 60.3 Å². The number of halogens is 3. The molecule has 1 aromatic heterocycles. The maximum atomic E-state index is 13.5. The number of nitrogens with zero attached hydrogens (tertiary/aromatic N) is 2. The highest BCUT2D eigenvalue weighted by molar-refractivity contribution is 5.86. The predicted octanol–water partition coefficient (Wildman–Crippen LogP) is 6.50. The zero-order valence-corrected chi connectivity index (χ0v) is 21.4. The molecule has 1 fully saturated rings. The average molecular weight is 520 g/mol. The molecule has 1 amide bonds. The molecule has 0 unspecified atom stereocenters. The molecule has 3 aromatic carbocycles. The standard InChI is InChI=1S/C31H32F3N3O/c1-36-21-28(26-12-5-6-13-29(26)36)27(23-10-7-11-24(18-23)31(32,33)34)19-30(38)35-25-14-16-37(17-15-25)20-22-8-3-2-4-9-22/h2-13,18,21,25,27H,14-17,19-20H2,1H3,(H,35,38)/t27-/m0/s1. The number of likely N-dealkylation sites (tertiary alicyclic amines) is 1. The van der Waals surface area contributed by atoms with Crippen molar-refractivity contribution in [2.24, 2.45) is 7.05 Å². The van der Waals surface area contributed by atoms with Crippen molar-refractivity contribution >= 4 is 16.8 Å². The van der Waals surface area contributed by atoms with Crippen molar-refractivity contribution < 1.29 is 18.0 Å². The number of aryl methyl sites for hydroxylation is 1. The number of piperidine rings is 1. The van der Waals surface area contributed by atoms with E-state index in [9.17, 15) is 18.0 Å². The third-order valence-corrected chi connectivity index (χ3v) is 7.51. The van der Waals surface area contributed by atoms with Crippen molar-refractivity contribution in [3.63, 3.8) is 0 Å². The Morgan fingerprint density at radius 1 is 0.974 bits per heavy atom. The average Bonchev–Trinajstić information content (AvgIpc) is 3.25. The second kappa shape index (κ2) is 11.0. The number of amides is 1. The molecule has 1 saturated heterocycles. The van der Waals surface area contributed by atoms with Crippen LogP contribution in [0.5, 0.6) is 0 Å². The number of rotatable bonds is 7. The number of fused-ring (bicyclic) bond motifs is 1.